The molecule has 0 radical (unpaired) electrons. The summed E-state index contributed by atoms with van der Waals surface area (Å²) in [6, 6.07) is 3.25. The fourth-order valence-electron chi connectivity index (χ4n) is 0.883. The number of ether oxygens (including phenoxy) is 1. The molecule has 0 unspecified atom stereocenters. The lowest BCUT2D eigenvalue weighted by Gasteiger charge is -2.08. The van der Waals surface area contributed by atoms with Gasteiger partial charge in [-0.2, -0.15) is 17.7 Å². The minimum absolute atomic E-state index is 0.343. The van der Waals surface area contributed by atoms with Gasteiger partial charge in [0.25, 0.3) is 5.15 Å². The molecule has 6 nitrogen and oxygen atoms in total. The second-order valence-electron chi connectivity index (χ2n) is 3.47. The molecule has 0 amide bonds. The molecule has 1 aromatic heterocycles. The lowest BCUT2D eigenvalue weighted by atomic mass is 10.3. The molecule has 21 heavy (non-hydrogen) atoms. The van der Waals surface area contributed by atoms with Crippen molar-refractivity contribution in [1.29, 1.82) is 0 Å². The van der Waals surface area contributed by atoms with Gasteiger partial charge in [0, 0.05) is 12.1 Å². The Bertz CT molecular complexity index is 603. The number of pyridine rings is 1. The molecule has 0 N–H and O–H groups in total. The van der Waals surface area contributed by atoms with E-state index in [4.69, 9.17) is 29.3 Å². The van der Waals surface area contributed by atoms with Gasteiger partial charge >= 0.3 is 11.5 Å². The van der Waals surface area contributed by atoms with Crippen molar-refractivity contribution in [2.24, 2.45) is 7.05 Å². The van der Waals surface area contributed by atoms with Gasteiger partial charge in [0.15, 0.2) is 16.3 Å². The predicted octanol–water partition coefficient (Wildman–Crippen LogP) is 1.39. The first-order chi connectivity index (χ1) is 9.40. The zero-order chi connectivity index (χ0) is 16.8. The van der Waals surface area contributed by atoms with Gasteiger partial charge in [0.1, 0.15) is 7.05 Å². The second-order valence-corrected chi connectivity index (χ2v) is 5.23. The molecular formula is C10H11ClF3NO5S. The quantitative estimate of drug-likeness (QED) is 0.265. The van der Waals surface area contributed by atoms with E-state index in [9.17, 15) is 18.0 Å². The molecule has 0 saturated carbocycles. The van der Waals surface area contributed by atoms with E-state index in [0.717, 1.165) is 0 Å². The highest BCUT2D eigenvalue weighted by atomic mass is 35.5. The first-order valence-corrected chi connectivity index (χ1v) is 7.03. The second kappa shape index (κ2) is 7.57. The van der Waals surface area contributed by atoms with Crippen LogP contribution in [0.2, 0.25) is 5.15 Å². The Morgan fingerprint density at radius 2 is 1.95 bits per heavy atom. The van der Waals surface area contributed by atoms with E-state index < -0.39 is 15.6 Å². The molecule has 11 heteroatoms. The number of carbonyl (C=O) groups excluding carboxylic acids is 1. The van der Waals surface area contributed by atoms with Crippen LogP contribution in [0.5, 0.6) is 0 Å². The summed E-state index contributed by atoms with van der Waals surface area (Å²) < 4.78 is 65.4. The number of halogens is 4. The van der Waals surface area contributed by atoms with Gasteiger partial charge in [0.05, 0.1) is 12.2 Å². The van der Waals surface area contributed by atoms with E-state index in [1.165, 1.54) is 0 Å². The number of nitrogens with zero attached hydrogens (tertiary/aromatic N) is 1. The summed E-state index contributed by atoms with van der Waals surface area (Å²) in [6.07, 6.45) is 1.72. The summed E-state index contributed by atoms with van der Waals surface area (Å²) in [5.41, 5.74) is -5.17. The lowest BCUT2D eigenvalue weighted by molar-refractivity contribution is -0.669. The maximum Gasteiger partial charge on any atom is 0.485 e. The monoisotopic (exact) mass is 349 g/mol. The van der Waals surface area contributed by atoms with Crippen LogP contribution in [0.25, 0.3) is 0 Å². The normalized spacial score (nSPS) is 11.4. The van der Waals surface area contributed by atoms with Crippen LogP contribution in [-0.4, -0.2) is 31.1 Å². The molecule has 120 valence electrons. The van der Waals surface area contributed by atoms with Crippen LogP contribution in [0, 0.1) is 0 Å². The highest BCUT2D eigenvalue weighted by Crippen LogP contribution is 2.20. The van der Waals surface area contributed by atoms with Gasteiger partial charge in [-0.1, -0.05) is 0 Å². The van der Waals surface area contributed by atoms with Crippen LogP contribution in [0.3, 0.4) is 0 Å². The van der Waals surface area contributed by atoms with E-state index in [2.05, 4.69) is 0 Å². The molecule has 0 aromatic carbocycles. The average molecular weight is 350 g/mol. The summed E-state index contributed by atoms with van der Waals surface area (Å²) >= 11 is 5.81. The third kappa shape index (κ3) is 6.74. The van der Waals surface area contributed by atoms with Crippen LogP contribution in [0.4, 0.5) is 13.2 Å². The van der Waals surface area contributed by atoms with Crippen LogP contribution in [0.15, 0.2) is 18.3 Å². The molecule has 1 heterocycles. The number of aryl methyl sites for hydroxylation is 1. The first-order valence-electron chi connectivity index (χ1n) is 5.24. The average Bonchev–Trinajstić information content (AvgIpc) is 2.31. The van der Waals surface area contributed by atoms with E-state index in [-0.39, 0.29) is 5.97 Å². The third-order valence-corrected chi connectivity index (χ3v) is 2.83. The summed E-state index contributed by atoms with van der Waals surface area (Å²) in [6.45, 7) is 2.14. The Morgan fingerprint density at radius 3 is 2.29 bits per heavy atom. The maximum atomic E-state index is 11.2. The Balaban J connectivity index is 0.000000433. The number of aromatic nitrogens is 1. The standard InChI is InChI=1S/C9H11ClNO2.CHF3O3S/c1-3-13-9(12)7-4-5-11(2)8(10)6-7;2-1(3,4)8(5,6)7/h4-6H,3H2,1-2H3;(H,5,6,7)/q+1;/p-1. The van der Waals surface area contributed by atoms with E-state index in [0.29, 0.717) is 17.3 Å². The van der Waals surface area contributed by atoms with Crippen molar-refractivity contribution in [3.05, 3.63) is 29.0 Å². The summed E-state index contributed by atoms with van der Waals surface area (Å²) in [5.74, 6) is -0.343. The highest BCUT2D eigenvalue weighted by molar-refractivity contribution is 7.86. The summed E-state index contributed by atoms with van der Waals surface area (Å²) in [7, 11) is -4.29. The van der Waals surface area contributed by atoms with Crippen LogP contribution < -0.4 is 4.57 Å². The van der Waals surface area contributed by atoms with Crippen molar-refractivity contribution >= 4 is 27.7 Å². The van der Waals surface area contributed by atoms with Gasteiger partial charge in [-0.3, -0.25) is 0 Å². The number of alkyl halides is 3. The topological polar surface area (TPSA) is 87.4 Å². The first kappa shape index (κ1) is 19.6. The lowest BCUT2D eigenvalue weighted by Crippen LogP contribution is -2.29. The smallest absolute Gasteiger partial charge is 0.485 e. The molecule has 0 spiro atoms. The minimum Gasteiger partial charge on any atom is -0.741 e. The molecular weight excluding hydrogens is 339 g/mol. The fraction of sp³-hybridized carbons (Fsp3) is 0.400. The van der Waals surface area contributed by atoms with Gasteiger partial charge in [-0.25, -0.2) is 13.2 Å². The Hall–Kier alpha value is -1.39. The largest absolute Gasteiger partial charge is 0.741 e. The van der Waals surface area contributed by atoms with Crippen LogP contribution in [-0.2, 0) is 21.9 Å². The third-order valence-electron chi connectivity index (χ3n) is 1.88. The number of hydrogen-bond donors (Lipinski definition) is 0. The SMILES string of the molecule is CCOC(=O)c1cc[n+](C)c(Cl)c1.O=S(=O)([O-])C(F)(F)F. The molecule has 0 fully saturated rings. The Kier molecular flexibility index (Phi) is 7.07. The molecule has 0 aliphatic rings. The van der Waals surface area contributed by atoms with E-state index in [1.54, 1.807) is 36.9 Å². The number of carbonyl (C=O) groups is 1. The zero-order valence-corrected chi connectivity index (χ0v) is 12.4. The molecule has 1 rings (SSSR count). The van der Waals surface area contributed by atoms with Gasteiger partial charge in [0.2, 0.25) is 0 Å². The zero-order valence-electron chi connectivity index (χ0n) is 10.8. The molecule has 0 saturated heterocycles. The van der Waals surface area contributed by atoms with Crippen molar-refractivity contribution in [3.63, 3.8) is 0 Å². The van der Waals surface area contributed by atoms with Crippen molar-refractivity contribution in [2.75, 3.05) is 6.61 Å². The number of hydrogen-bond acceptors (Lipinski definition) is 5. The maximum absolute atomic E-state index is 11.2. The van der Waals surface area contributed by atoms with Crippen LogP contribution >= 0.6 is 11.6 Å². The number of esters is 1. The van der Waals surface area contributed by atoms with Crippen molar-refractivity contribution < 1.29 is 40.2 Å². The van der Waals surface area contributed by atoms with Gasteiger partial charge < -0.3 is 9.29 Å². The predicted molar refractivity (Wildman–Crippen MR) is 64.3 cm³/mol. The van der Waals surface area contributed by atoms with Crippen molar-refractivity contribution in [3.8, 4) is 0 Å². The Morgan fingerprint density at radius 1 is 1.48 bits per heavy atom. The molecule has 0 atom stereocenters. The molecule has 0 aliphatic heterocycles. The van der Waals surface area contributed by atoms with Crippen molar-refractivity contribution in [1.82, 2.24) is 0 Å². The molecule has 0 aliphatic carbocycles. The van der Waals surface area contributed by atoms with Gasteiger partial charge in [-0.15, -0.1) is 0 Å². The summed E-state index contributed by atoms with van der Waals surface area (Å²) in [5, 5.41) is 0.505. The highest BCUT2D eigenvalue weighted by Gasteiger charge is 2.36. The van der Waals surface area contributed by atoms with Crippen LogP contribution in [0.1, 0.15) is 17.3 Å². The van der Waals surface area contributed by atoms with E-state index >= 15 is 0 Å². The molecule has 1 aromatic rings. The number of rotatable bonds is 2. The van der Waals surface area contributed by atoms with Gasteiger partial charge in [-0.05, 0) is 18.5 Å². The minimum atomic E-state index is -6.09. The van der Waals surface area contributed by atoms with E-state index in [1.807, 2.05) is 0 Å². The fourth-order valence-corrected chi connectivity index (χ4v) is 1.06. The van der Waals surface area contributed by atoms with Crippen molar-refractivity contribution in [2.45, 2.75) is 12.4 Å². The molecule has 0 bridgehead atoms. The summed E-state index contributed by atoms with van der Waals surface area (Å²) in [4.78, 5) is 11.2. The Labute approximate surface area is 123 Å².